The van der Waals surface area contributed by atoms with E-state index >= 15 is 0 Å². The molecule has 1 aliphatic carbocycles. The molecular formula is C15H16NO7P. The van der Waals surface area contributed by atoms with Crippen molar-refractivity contribution in [1.82, 2.24) is 0 Å². The molecule has 0 saturated carbocycles. The molecule has 0 aromatic heterocycles. The minimum Gasteiger partial charge on any atom is -0.511 e. The van der Waals surface area contributed by atoms with Gasteiger partial charge in [0.15, 0.2) is 5.78 Å². The summed E-state index contributed by atoms with van der Waals surface area (Å²) in [6.07, 6.45) is 1.84. The quantitative estimate of drug-likeness (QED) is 0.521. The van der Waals surface area contributed by atoms with Crippen LogP contribution in [0.1, 0.15) is 18.4 Å². The summed E-state index contributed by atoms with van der Waals surface area (Å²) in [4.78, 5) is 30.7. The Balaban J connectivity index is 2.41. The fourth-order valence-corrected chi connectivity index (χ4v) is 2.84. The first-order chi connectivity index (χ1) is 11.1. The number of ketones is 1. The third-order valence-corrected chi connectivity index (χ3v) is 4.02. The first-order valence-corrected chi connectivity index (χ1v) is 8.44. The molecule has 0 radical (unpaired) electrons. The fraction of sp³-hybridized carbons (Fsp3) is 0.200. The van der Waals surface area contributed by atoms with Crippen molar-refractivity contribution in [3.05, 3.63) is 53.5 Å². The first kappa shape index (κ1) is 17.9. The molecule has 0 bridgehead atoms. The molecule has 0 saturated heterocycles. The van der Waals surface area contributed by atoms with Crippen molar-refractivity contribution >= 4 is 19.2 Å². The largest absolute Gasteiger partial charge is 0.511 e. The highest BCUT2D eigenvalue weighted by Gasteiger charge is 2.35. The van der Waals surface area contributed by atoms with E-state index in [0.29, 0.717) is 5.56 Å². The number of allylic oxidation sites excluding steroid dienone is 3. The number of phenols is 1. The maximum absolute atomic E-state index is 12.7. The summed E-state index contributed by atoms with van der Waals surface area (Å²) >= 11 is 0. The Hall–Kier alpha value is -2.41. The van der Waals surface area contributed by atoms with Gasteiger partial charge in [0.25, 0.3) is 0 Å². The van der Waals surface area contributed by atoms with Gasteiger partial charge in [0, 0.05) is 18.1 Å². The molecule has 0 spiro atoms. The Morgan fingerprint density at radius 2 is 1.71 bits per heavy atom. The number of aliphatic hydroxyl groups excluding tert-OH is 2. The van der Waals surface area contributed by atoms with E-state index in [9.17, 15) is 24.7 Å². The van der Waals surface area contributed by atoms with Crippen molar-refractivity contribution < 1.29 is 34.5 Å². The van der Waals surface area contributed by atoms with Crippen LogP contribution < -0.4 is 0 Å². The van der Waals surface area contributed by atoms with Gasteiger partial charge in [0.2, 0.25) is 0 Å². The van der Waals surface area contributed by atoms with Crippen LogP contribution in [-0.4, -0.2) is 36.6 Å². The summed E-state index contributed by atoms with van der Waals surface area (Å²) in [6, 6.07) is 5.83. The molecule has 0 aliphatic heterocycles. The van der Waals surface area contributed by atoms with E-state index < -0.39 is 42.6 Å². The number of rotatable bonds is 4. The smallest absolute Gasteiger partial charge is 0.448 e. The van der Waals surface area contributed by atoms with Crippen molar-refractivity contribution in [3.8, 4) is 5.75 Å². The van der Waals surface area contributed by atoms with Gasteiger partial charge in [-0.25, -0.2) is 4.57 Å². The number of nitrogens with zero attached hydrogens (tertiary/aromatic N) is 1. The van der Waals surface area contributed by atoms with Crippen LogP contribution in [0.25, 0.3) is 0 Å². The number of hydrogen-bond donors (Lipinski definition) is 5. The van der Waals surface area contributed by atoms with Crippen LogP contribution in [0.5, 0.6) is 5.75 Å². The van der Waals surface area contributed by atoms with Gasteiger partial charge in [-0.1, -0.05) is 19.1 Å². The van der Waals surface area contributed by atoms with Gasteiger partial charge in [-0.3, -0.25) is 4.79 Å². The van der Waals surface area contributed by atoms with Crippen LogP contribution >= 0.6 is 7.75 Å². The lowest BCUT2D eigenvalue weighted by molar-refractivity contribution is -0.121. The van der Waals surface area contributed by atoms with Crippen LogP contribution in [0, 0.1) is 5.92 Å². The van der Waals surface area contributed by atoms with E-state index in [-0.39, 0.29) is 5.75 Å². The third-order valence-electron chi connectivity index (χ3n) is 3.53. The van der Waals surface area contributed by atoms with Gasteiger partial charge in [-0.15, -0.1) is 0 Å². The van der Waals surface area contributed by atoms with Gasteiger partial charge in [0.1, 0.15) is 23.2 Å². The predicted molar refractivity (Wildman–Crippen MR) is 85.9 cm³/mol. The Kier molecular flexibility index (Phi) is 4.94. The standard InChI is InChI=1S/C15H16NO7P/c1-8(9-2-4-10(17)5-3-9)15(20)14-12(16-24(21,22)23)6-11(18)7-13(14)19/h2-8,14,17-19H,1H3,(H2,21,22,23). The number of carbonyl (C=O) groups is 1. The Bertz CT molecular complexity index is 789. The van der Waals surface area contributed by atoms with Crippen LogP contribution in [0.3, 0.4) is 0 Å². The van der Waals surface area contributed by atoms with Crippen molar-refractivity contribution in [1.29, 1.82) is 0 Å². The summed E-state index contributed by atoms with van der Waals surface area (Å²) in [6.45, 7) is 1.55. The van der Waals surface area contributed by atoms with E-state index in [1.54, 1.807) is 6.92 Å². The topological polar surface area (TPSA) is 148 Å². The Labute approximate surface area is 137 Å². The number of benzene rings is 1. The van der Waals surface area contributed by atoms with Crippen LogP contribution in [0.4, 0.5) is 0 Å². The second kappa shape index (κ2) is 6.60. The molecule has 0 heterocycles. The van der Waals surface area contributed by atoms with E-state index in [2.05, 4.69) is 4.76 Å². The third kappa shape index (κ3) is 4.11. The van der Waals surface area contributed by atoms with Crippen molar-refractivity contribution in [2.24, 2.45) is 10.7 Å². The molecule has 5 N–H and O–H groups in total. The number of Topliss-reactive ketones (excluding diaryl/α,β-unsaturated/α-hetero) is 1. The van der Waals surface area contributed by atoms with Gasteiger partial charge in [-0.2, -0.15) is 4.76 Å². The van der Waals surface area contributed by atoms with E-state index in [1.165, 1.54) is 24.3 Å². The minimum absolute atomic E-state index is 0.0235. The van der Waals surface area contributed by atoms with Crippen LogP contribution in [0.15, 0.2) is 52.7 Å². The molecule has 0 amide bonds. The fourth-order valence-electron chi connectivity index (χ4n) is 2.37. The second-order valence-electron chi connectivity index (χ2n) is 5.33. The van der Waals surface area contributed by atoms with Gasteiger partial charge >= 0.3 is 7.75 Å². The highest BCUT2D eigenvalue weighted by atomic mass is 31.2. The molecule has 2 rings (SSSR count). The van der Waals surface area contributed by atoms with E-state index in [0.717, 1.165) is 12.2 Å². The van der Waals surface area contributed by atoms with Crippen molar-refractivity contribution in [2.75, 3.05) is 0 Å². The maximum atomic E-state index is 12.7. The lowest BCUT2D eigenvalue weighted by Crippen LogP contribution is -2.31. The molecule has 9 heteroatoms. The second-order valence-corrected chi connectivity index (χ2v) is 6.55. The van der Waals surface area contributed by atoms with Gasteiger partial charge < -0.3 is 25.1 Å². The monoisotopic (exact) mass is 353 g/mol. The first-order valence-electron chi connectivity index (χ1n) is 6.88. The molecule has 1 aliphatic rings. The van der Waals surface area contributed by atoms with E-state index in [1.807, 2.05) is 0 Å². The predicted octanol–water partition coefficient (Wildman–Crippen LogP) is 2.11. The van der Waals surface area contributed by atoms with Crippen LogP contribution in [-0.2, 0) is 9.36 Å². The highest BCUT2D eigenvalue weighted by molar-refractivity contribution is 7.50. The molecule has 0 fully saturated rings. The summed E-state index contributed by atoms with van der Waals surface area (Å²) in [5, 5.41) is 28.8. The van der Waals surface area contributed by atoms with E-state index in [4.69, 9.17) is 9.79 Å². The molecule has 2 unspecified atom stereocenters. The van der Waals surface area contributed by atoms with Crippen LogP contribution in [0.2, 0.25) is 0 Å². The minimum atomic E-state index is -4.86. The summed E-state index contributed by atoms with van der Waals surface area (Å²) in [7, 11) is -4.86. The number of phenolic OH excluding ortho intramolecular Hbond substituents is 1. The number of aliphatic hydroxyl groups is 2. The summed E-state index contributed by atoms with van der Waals surface area (Å²) in [5.74, 6) is -3.72. The normalized spacial score (nSPS) is 21.1. The molecule has 1 aromatic carbocycles. The lowest BCUT2D eigenvalue weighted by atomic mass is 9.83. The molecular weight excluding hydrogens is 337 g/mol. The maximum Gasteiger partial charge on any atom is 0.448 e. The molecule has 24 heavy (non-hydrogen) atoms. The lowest BCUT2D eigenvalue weighted by Gasteiger charge is -2.22. The average Bonchev–Trinajstić information content (AvgIpc) is 2.44. The SMILES string of the molecule is CC(C(=O)C1C(O)=CC(O)=CC1=NP(=O)(O)O)c1ccc(O)cc1. The van der Waals surface area contributed by atoms with Crippen molar-refractivity contribution in [2.45, 2.75) is 12.8 Å². The average molecular weight is 353 g/mol. The van der Waals surface area contributed by atoms with Gasteiger partial charge in [0.05, 0.1) is 5.71 Å². The van der Waals surface area contributed by atoms with Crippen molar-refractivity contribution in [3.63, 3.8) is 0 Å². The Morgan fingerprint density at radius 3 is 2.25 bits per heavy atom. The number of aromatic hydroxyl groups is 1. The number of carbonyl (C=O) groups excluding carboxylic acids is 1. The molecule has 2 atom stereocenters. The zero-order chi connectivity index (χ0) is 18.1. The molecule has 8 nitrogen and oxygen atoms in total. The number of hydrogen-bond acceptors (Lipinski definition) is 5. The zero-order valence-electron chi connectivity index (χ0n) is 12.6. The zero-order valence-corrected chi connectivity index (χ0v) is 13.5. The van der Waals surface area contributed by atoms with Gasteiger partial charge in [-0.05, 0) is 17.7 Å². The summed E-state index contributed by atoms with van der Waals surface area (Å²) in [5.41, 5.74) is 0.122. The Morgan fingerprint density at radius 1 is 1.12 bits per heavy atom. The molecule has 128 valence electrons. The highest BCUT2D eigenvalue weighted by Crippen LogP contribution is 2.39. The molecule has 1 aromatic rings. The summed E-state index contributed by atoms with van der Waals surface area (Å²) < 4.78 is 14.3.